The van der Waals surface area contributed by atoms with Crippen molar-refractivity contribution in [2.24, 2.45) is 0 Å². The van der Waals surface area contributed by atoms with Crippen LogP contribution >= 0.6 is 0 Å². The maximum atomic E-state index is 13.9. The van der Waals surface area contributed by atoms with Gasteiger partial charge in [0, 0.05) is 12.1 Å². The number of aromatic nitrogens is 4. The van der Waals surface area contributed by atoms with Crippen molar-refractivity contribution in [2.45, 2.75) is 31.2 Å². The van der Waals surface area contributed by atoms with Crippen molar-refractivity contribution in [3.05, 3.63) is 113 Å². The number of benzene rings is 3. The van der Waals surface area contributed by atoms with Gasteiger partial charge in [-0.05, 0) is 40.8 Å². The lowest BCUT2D eigenvalue weighted by molar-refractivity contribution is -0.139. The zero-order valence-electron chi connectivity index (χ0n) is 19.6. The highest BCUT2D eigenvalue weighted by Gasteiger charge is 2.38. The average molecular weight is 502 g/mol. The summed E-state index contributed by atoms with van der Waals surface area (Å²) in [6, 6.07) is 21.1. The predicted molar refractivity (Wildman–Crippen MR) is 133 cm³/mol. The third-order valence-corrected chi connectivity index (χ3v) is 6.82. The average Bonchev–Trinajstić information content (AvgIpc) is 3.50. The minimum Gasteiger partial charge on any atom is -0.488 e. The molecule has 2 N–H and O–H groups in total. The Morgan fingerprint density at radius 3 is 2.54 bits per heavy atom. The van der Waals surface area contributed by atoms with Gasteiger partial charge in [0.15, 0.2) is 5.65 Å². The monoisotopic (exact) mass is 501 g/mol. The van der Waals surface area contributed by atoms with Gasteiger partial charge in [-0.15, -0.1) is 0 Å². The molecule has 2 atom stereocenters. The molecule has 0 bridgehead atoms. The number of nitrogen functional groups attached to an aromatic ring is 1. The lowest BCUT2D eigenvalue weighted by Crippen LogP contribution is -2.17. The summed E-state index contributed by atoms with van der Waals surface area (Å²) >= 11 is 0. The van der Waals surface area contributed by atoms with Gasteiger partial charge >= 0.3 is 6.18 Å². The highest BCUT2D eigenvalue weighted by molar-refractivity contribution is 5.84. The summed E-state index contributed by atoms with van der Waals surface area (Å²) in [7, 11) is 0. The lowest BCUT2D eigenvalue weighted by atomic mass is 9.89. The van der Waals surface area contributed by atoms with Crippen LogP contribution in [0.1, 0.15) is 39.8 Å². The Labute approximate surface area is 210 Å². The van der Waals surface area contributed by atoms with Gasteiger partial charge < -0.3 is 10.5 Å². The highest BCUT2D eigenvalue weighted by Crippen LogP contribution is 2.47. The molecule has 9 heteroatoms. The molecule has 0 amide bonds. The fourth-order valence-electron chi connectivity index (χ4n) is 5.09. The number of rotatable bonds is 5. The first-order valence-electron chi connectivity index (χ1n) is 11.8. The summed E-state index contributed by atoms with van der Waals surface area (Å²) in [5.41, 5.74) is 9.35. The highest BCUT2D eigenvalue weighted by atomic mass is 19.4. The molecule has 2 heterocycles. The molecule has 0 radical (unpaired) electrons. The van der Waals surface area contributed by atoms with E-state index in [4.69, 9.17) is 10.5 Å². The van der Waals surface area contributed by atoms with E-state index < -0.39 is 11.7 Å². The Hall–Kier alpha value is -4.40. The zero-order chi connectivity index (χ0) is 25.6. The van der Waals surface area contributed by atoms with Crippen LogP contribution in [0.25, 0.3) is 11.0 Å². The van der Waals surface area contributed by atoms with Crippen LogP contribution in [-0.4, -0.2) is 19.7 Å². The molecule has 3 aromatic carbocycles. The van der Waals surface area contributed by atoms with Crippen LogP contribution in [0, 0.1) is 0 Å². The molecule has 0 fully saturated rings. The van der Waals surface area contributed by atoms with E-state index in [0.29, 0.717) is 28.8 Å². The van der Waals surface area contributed by atoms with E-state index in [0.717, 1.165) is 22.8 Å². The molecular formula is C28H22F3N5O. The Balaban J connectivity index is 1.44. The Kier molecular flexibility index (Phi) is 5.55. The number of nitrogens with zero attached hydrogens (tertiary/aromatic N) is 4. The van der Waals surface area contributed by atoms with Gasteiger partial charge in [-0.25, -0.2) is 9.97 Å². The number of alkyl halides is 3. The van der Waals surface area contributed by atoms with Crippen LogP contribution in [0.2, 0.25) is 0 Å². The van der Waals surface area contributed by atoms with E-state index >= 15 is 0 Å². The maximum Gasteiger partial charge on any atom is 0.419 e. The minimum atomic E-state index is -4.55. The number of halogens is 3. The molecule has 2 aromatic heterocycles. The van der Waals surface area contributed by atoms with Crippen molar-refractivity contribution >= 4 is 16.9 Å². The van der Waals surface area contributed by atoms with Gasteiger partial charge in [0.1, 0.15) is 24.5 Å². The molecule has 6 nitrogen and oxygen atoms in total. The largest absolute Gasteiger partial charge is 0.488 e. The molecule has 0 saturated heterocycles. The summed E-state index contributed by atoms with van der Waals surface area (Å²) in [5.74, 6) is -0.117. The van der Waals surface area contributed by atoms with Crippen LogP contribution in [0.3, 0.4) is 0 Å². The minimum absolute atomic E-state index is 0.0283. The third kappa shape index (κ3) is 4.26. The van der Waals surface area contributed by atoms with Crippen molar-refractivity contribution in [1.29, 1.82) is 0 Å². The number of hydrogen-bond donors (Lipinski definition) is 1. The zero-order valence-corrected chi connectivity index (χ0v) is 19.6. The predicted octanol–water partition coefficient (Wildman–Crippen LogP) is 5.94. The summed E-state index contributed by atoms with van der Waals surface area (Å²) < 4.78 is 49.3. The number of hydrogen-bond acceptors (Lipinski definition) is 5. The lowest BCUT2D eigenvalue weighted by Gasteiger charge is -2.23. The SMILES string of the molecule is Nc1ncnc2nn(C3Cc4ccccc4C3c3ccc(C(F)(F)F)c(OCc4ccccc4)c3)cc12. The number of anilines is 1. The van der Waals surface area contributed by atoms with Crippen molar-refractivity contribution in [2.75, 3.05) is 5.73 Å². The number of fused-ring (bicyclic) bond motifs is 2. The van der Waals surface area contributed by atoms with Crippen LogP contribution < -0.4 is 10.5 Å². The van der Waals surface area contributed by atoms with Gasteiger partial charge in [-0.1, -0.05) is 60.7 Å². The summed E-state index contributed by atoms with van der Waals surface area (Å²) in [6.45, 7) is 0.0283. The van der Waals surface area contributed by atoms with E-state index in [-0.39, 0.29) is 24.3 Å². The second-order valence-electron chi connectivity index (χ2n) is 9.08. The molecule has 5 aromatic rings. The first-order valence-corrected chi connectivity index (χ1v) is 11.8. The van der Waals surface area contributed by atoms with Gasteiger partial charge in [0.2, 0.25) is 0 Å². The molecule has 0 saturated carbocycles. The van der Waals surface area contributed by atoms with Crippen LogP contribution in [0.5, 0.6) is 5.75 Å². The summed E-state index contributed by atoms with van der Waals surface area (Å²) in [5, 5.41) is 5.28. The summed E-state index contributed by atoms with van der Waals surface area (Å²) in [4.78, 5) is 8.26. The third-order valence-electron chi connectivity index (χ3n) is 6.82. The van der Waals surface area contributed by atoms with Crippen LogP contribution in [0.4, 0.5) is 19.0 Å². The fraction of sp³-hybridized carbons (Fsp3) is 0.179. The van der Waals surface area contributed by atoms with Gasteiger partial charge in [-0.2, -0.15) is 18.3 Å². The molecule has 0 spiro atoms. The normalized spacial score (nSPS) is 17.2. The number of ether oxygens (including phenoxy) is 1. The van der Waals surface area contributed by atoms with E-state index in [1.165, 1.54) is 18.5 Å². The quantitative estimate of drug-likeness (QED) is 0.323. The second-order valence-corrected chi connectivity index (χ2v) is 9.08. The first kappa shape index (κ1) is 23.0. The van der Waals surface area contributed by atoms with Gasteiger partial charge in [0.25, 0.3) is 0 Å². The fourth-order valence-corrected chi connectivity index (χ4v) is 5.09. The molecule has 6 rings (SSSR count). The van der Waals surface area contributed by atoms with E-state index in [9.17, 15) is 13.2 Å². The Morgan fingerprint density at radius 2 is 1.76 bits per heavy atom. The molecule has 186 valence electrons. The second kappa shape index (κ2) is 8.92. The van der Waals surface area contributed by atoms with Crippen LogP contribution in [0.15, 0.2) is 85.3 Å². The van der Waals surface area contributed by atoms with Crippen molar-refractivity contribution in [3.63, 3.8) is 0 Å². The molecule has 2 unspecified atom stereocenters. The van der Waals surface area contributed by atoms with E-state index in [2.05, 4.69) is 15.1 Å². The van der Waals surface area contributed by atoms with Crippen molar-refractivity contribution in [1.82, 2.24) is 19.7 Å². The topological polar surface area (TPSA) is 78.9 Å². The molecule has 37 heavy (non-hydrogen) atoms. The summed E-state index contributed by atoms with van der Waals surface area (Å²) in [6.07, 6.45) is -0.718. The molecule has 1 aliphatic carbocycles. The molecular weight excluding hydrogens is 479 g/mol. The molecule has 0 aliphatic heterocycles. The maximum absolute atomic E-state index is 13.9. The van der Waals surface area contributed by atoms with Crippen molar-refractivity contribution in [3.8, 4) is 5.75 Å². The van der Waals surface area contributed by atoms with E-state index in [1.54, 1.807) is 0 Å². The van der Waals surface area contributed by atoms with Gasteiger partial charge in [-0.3, -0.25) is 4.68 Å². The van der Waals surface area contributed by atoms with E-state index in [1.807, 2.05) is 65.5 Å². The Bertz CT molecular complexity index is 1580. The molecule has 1 aliphatic rings. The van der Waals surface area contributed by atoms with Crippen LogP contribution in [-0.2, 0) is 19.2 Å². The Morgan fingerprint density at radius 1 is 0.973 bits per heavy atom. The smallest absolute Gasteiger partial charge is 0.419 e. The number of nitrogens with two attached hydrogens (primary N) is 1. The standard InChI is InChI=1S/C28H22F3N5O/c29-28(30,31)22-11-10-19(13-24(22)37-15-17-6-2-1-3-7-17)25-20-9-5-4-8-18(20)12-23(25)36-14-21-26(32)33-16-34-27(21)35-36/h1-11,13-14,16,23,25H,12,15H2,(H2,32,33,34,35). The van der Waals surface area contributed by atoms with Gasteiger partial charge in [0.05, 0.1) is 17.0 Å². The van der Waals surface area contributed by atoms with Crippen molar-refractivity contribution < 1.29 is 17.9 Å². The first-order chi connectivity index (χ1) is 17.9.